The number of nitrogens with one attached hydrogen (secondary N) is 1. The molecule has 1 N–H and O–H groups in total. The Morgan fingerprint density at radius 2 is 1.80 bits per heavy atom. The third kappa shape index (κ3) is 4.66. The van der Waals surface area contributed by atoms with Crippen molar-refractivity contribution in [3.05, 3.63) is 23.8 Å². The van der Waals surface area contributed by atoms with Crippen LogP contribution in [0.15, 0.2) is 18.2 Å². The number of hydrogen-bond donors (Lipinski definition) is 1. The molecule has 0 heterocycles. The lowest BCUT2D eigenvalue weighted by Gasteiger charge is -2.12. The van der Waals surface area contributed by atoms with Crippen LogP contribution in [0.4, 0.5) is 0 Å². The Kier molecular flexibility index (Phi) is 6.25. The van der Waals surface area contributed by atoms with Gasteiger partial charge in [-0.1, -0.05) is 6.07 Å². The average molecular weight is 302 g/mol. The summed E-state index contributed by atoms with van der Waals surface area (Å²) in [6.07, 6.45) is 0. The number of sulfonamides is 1. The second-order valence-corrected chi connectivity index (χ2v) is 6.77. The van der Waals surface area contributed by atoms with Crippen LogP contribution in [0, 0.1) is 0 Å². The van der Waals surface area contributed by atoms with Gasteiger partial charge < -0.3 is 14.8 Å². The van der Waals surface area contributed by atoms with Crippen LogP contribution in [0.3, 0.4) is 0 Å². The minimum absolute atomic E-state index is 0.0767. The van der Waals surface area contributed by atoms with Gasteiger partial charge in [0.05, 0.1) is 20.0 Å². The van der Waals surface area contributed by atoms with E-state index in [1.54, 1.807) is 14.2 Å². The molecule has 1 aromatic rings. The number of hydrogen-bond acceptors (Lipinski definition) is 5. The van der Waals surface area contributed by atoms with Gasteiger partial charge in [0.25, 0.3) is 0 Å². The monoisotopic (exact) mass is 302 g/mol. The summed E-state index contributed by atoms with van der Waals surface area (Å²) >= 11 is 0. The number of benzene rings is 1. The van der Waals surface area contributed by atoms with E-state index < -0.39 is 10.0 Å². The summed E-state index contributed by atoms with van der Waals surface area (Å²) in [7, 11) is 3.08. The van der Waals surface area contributed by atoms with Crippen LogP contribution in [0.25, 0.3) is 0 Å². The van der Waals surface area contributed by atoms with Gasteiger partial charge in [0.1, 0.15) is 0 Å². The zero-order valence-electron chi connectivity index (χ0n) is 12.3. The van der Waals surface area contributed by atoms with Gasteiger partial charge in [0.2, 0.25) is 10.0 Å². The smallest absolute Gasteiger partial charge is 0.214 e. The zero-order chi connectivity index (χ0) is 15.2. The topological polar surface area (TPSA) is 67.9 Å². The average Bonchev–Trinajstić information content (AvgIpc) is 2.43. The second kappa shape index (κ2) is 7.47. The van der Waals surface area contributed by atoms with Crippen molar-refractivity contribution >= 4 is 10.0 Å². The van der Waals surface area contributed by atoms with Crippen molar-refractivity contribution in [1.82, 2.24) is 9.62 Å². The summed E-state index contributed by atoms with van der Waals surface area (Å²) in [5.74, 6) is 1.41. The van der Waals surface area contributed by atoms with Crippen molar-refractivity contribution in [2.24, 2.45) is 0 Å². The fraction of sp³-hybridized carbons (Fsp3) is 0.538. The van der Waals surface area contributed by atoms with Crippen molar-refractivity contribution in [3.8, 4) is 11.5 Å². The minimum Gasteiger partial charge on any atom is -0.493 e. The first-order valence-electron chi connectivity index (χ1n) is 6.22. The van der Waals surface area contributed by atoms with E-state index in [0.29, 0.717) is 24.6 Å². The van der Waals surface area contributed by atoms with E-state index in [1.165, 1.54) is 18.4 Å². The Labute approximate surface area is 120 Å². The van der Waals surface area contributed by atoms with Crippen LogP contribution >= 0.6 is 0 Å². The molecule has 6 nitrogen and oxygen atoms in total. The highest BCUT2D eigenvalue weighted by Crippen LogP contribution is 2.27. The summed E-state index contributed by atoms with van der Waals surface area (Å²) in [4.78, 5) is 0. The summed E-state index contributed by atoms with van der Waals surface area (Å²) in [6.45, 7) is 0.970. The van der Waals surface area contributed by atoms with Crippen molar-refractivity contribution in [1.29, 1.82) is 0 Å². The number of nitrogens with zero attached hydrogens (tertiary/aromatic N) is 1. The maximum atomic E-state index is 11.6. The lowest BCUT2D eigenvalue weighted by atomic mass is 10.2. The lowest BCUT2D eigenvalue weighted by molar-refractivity contribution is 0.354. The van der Waals surface area contributed by atoms with Gasteiger partial charge in [-0.05, 0) is 17.7 Å². The van der Waals surface area contributed by atoms with Crippen molar-refractivity contribution in [2.75, 3.05) is 40.6 Å². The van der Waals surface area contributed by atoms with Gasteiger partial charge >= 0.3 is 0 Å². The van der Waals surface area contributed by atoms with Crippen molar-refractivity contribution in [3.63, 3.8) is 0 Å². The van der Waals surface area contributed by atoms with Gasteiger partial charge in [-0.3, -0.25) is 0 Å². The first-order valence-corrected chi connectivity index (χ1v) is 7.83. The molecule has 20 heavy (non-hydrogen) atoms. The summed E-state index contributed by atoms with van der Waals surface area (Å²) in [5, 5.41) is 3.10. The molecular weight excluding hydrogens is 280 g/mol. The van der Waals surface area contributed by atoms with Crippen LogP contribution in [-0.4, -0.2) is 53.3 Å². The fourth-order valence-electron chi connectivity index (χ4n) is 1.61. The van der Waals surface area contributed by atoms with Gasteiger partial charge in [0.15, 0.2) is 11.5 Å². The molecule has 0 bridgehead atoms. The van der Waals surface area contributed by atoms with E-state index in [9.17, 15) is 8.42 Å². The predicted octanol–water partition coefficient (Wildman–Crippen LogP) is 0.685. The molecular formula is C13H22N2O4S. The Morgan fingerprint density at radius 1 is 1.15 bits per heavy atom. The fourth-order valence-corrected chi connectivity index (χ4v) is 2.37. The second-order valence-electron chi connectivity index (χ2n) is 4.46. The first kappa shape index (κ1) is 16.7. The molecule has 0 spiro atoms. The van der Waals surface area contributed by atoms with Crippen LogP contribution in [0.2, 0.25) is 0 Å². The molecule has 0 radical (unpaired) electrons. The van der Waals surface area contributed by atoms with Gasteiger partial charge in [-0.15, -0.1) is 0 Å². The Hall–Kier alpha value is -1.31. The summed E-state index contributed by atoms with van der Waals surface area (Å²) in [5.41, 5.74) is 1.00. The summed E-state index contributed by atoms with van der Waals surface area (Å²) < 4.78 is 34.7. The van der Waals surface area contributed by atoms with Crippen LogP contribution in [-0.2, 0) is 16.6 Å². The molecule has 114 valence electrons. The number of methoxy groups -OCH3 is 2. The van der Waals surface area contributed by atoms with Gasteiger partial charge in [-0.2, -0.15) is 0 Å². The molecule has 0 aliphatic carbocycles. The molecule has 0 saturated heterocycles. The minimum atomic E-state index is -3.15. The van der Waals surface area contributed by atoms with E-state index in [0.717, 1.165) is 5.56 Å². The third-order valence-corrected chi connectivity index (χ3v) is 4.70. The normalized spacial score (nSPS) is 11.7. The highest BCUT2D eigenvalue weighted by Gasteiger charge is 2.12. The highest BCUT2D eigenvalue weighted by atomic mass is 32.2. The van der Waals surface area contributed by atoms with Crippen molar-refractivity contribution in [2.45, 2.75) is 6.54 Å². The van der Waals surface area contributed by atoms with E-state index in [-0.39, 0.29) is 5.75 Å². The molecule has 0 aliphatic rings. The van der Waals surface area contributed by atoms with Crippen LogP contribution in [0.1, 0.15) is 5.56 Å². The predicted molar refractivity (Wildman–Crippen MR) is 78.7 cm³/mol. The van der Waals surface area contributed by atoms with Crippen LogP contribution < -0.4 is 14.8 Å². The van der Waals surface area contributed by atoms with Gasteiger partial charge in [-0.25, -0.2) is 12.7 Å². The van der Waals surface area contributed by atoms with Crippen molar-refractivity contribution < 1.29 is 17.9 Å². The Bertz CT molecular complexity index is 529. The van der Waals surface area contributed by atoms with E-state index in [2.05, 4.69) is 5.32 Å². The molecule has 0 unspecified atom stereocenters. The third-order valence-electron chi connectivity index (χ3n) is 2.87. The van der Waals surface area contributed by atoms with E-state index in [4.69, 9.17) is 9.47 Å². The number of ether oxygens (including phenoxy) is 2. The highest BCUT2D eigenvalue weighted by molar-refractivity contribution is 7.89. The standard InChI is InChI=1S/C13H22N2O4S/c1-15(2)20(16,17)8-7-14-10-11-5-6-12(18-3)13(9-11)19-4/h5-6,9,14H,7-8,10H2,1-4H3. The molecule has 7 heteroatoms. The molecule has 1 rings (SSSR count). The Morgan fingerprint density at radius 3 is 2.35 bits per heavy atom. The largest absolute Gasteiger partial charge is 0.493 e. The molecule has 0 aliphatic heterocycles. The molecule has 0 amide bonds. The maximum Gasteiger partial charge on any atom is 0.214 e. The van der Waals surface area contributed by atoms with E-state index in [1.807, 2.05) is 18.2 Å². The lowest BCUT2D eigenvalue weighted by Crippen LogP contribution is -2.31. The Balaban J connectivity index is 2.51. The zero-order valence-corrected chi connectivity index (χ0v) is 13.2. The quantitative estimate of drug-likeness (QED) is 0.716. The molecule has 1 aromatic carbocycles. The number of rotatable bonds is 8. The molecule has 0 saturated carbocycles. The van der Waals surface area contributed by atoms with Crippen LogP contribution in [0.5, 0.6) is 11.5 Å². The molecule has 0 atom stereocenters. The van der Waals surface area contributed by atoms with Gasteiger partial charge in [0, 0.05) is 27.2 Å². The first-order chi connectivity index (χ1) is 9.40. The molecule has 0 aromatic heterocycles. The van der Waals surface area contributed by atoms with E-state index >= 15 is 0 Å². The molecule has 0 fully saturated rings. The summed E-state index contributed by atoms with van der Waals surface area (Å²) in [6, 6.07) is 5.60. The SMILES string of the molecule is COc1ccc(CNCCS(=O)(=O)N(C)C)cc1OC. The maximum absolute atomic E-state index is 11.6.